The van der Waals surface area contributed by atoms with Crippen LogP contribution in [0.3, 0.4) is 0 Å². The third kappa shape index (κ3) is 5.19. The highest BCUT2D eigenvalue weighted by Gasteiger charge is 2.23. The zero-order chi connectivity index (χ0) is 11.1. The molecule has 2 unspecified atom stereocenters. The maximum Gasteiger partial charge on any atom is 0.0593 e. The van der Waals surface area contributed by atoms with E-state index in [0.717, 1.165) is 39.3 Å². The summed E-state index contributed by atoms with van der Waals surface area (Å²) in [6.07, 6.45) is 3.52. The lowest BCUT2D eigenvalue weighted by molar-refractivity contribution is 0.0864. The van der Waals surface area contributed by atoms with Crippen molar-refractivity contribution in [3.05, 3.63) is 0 Å². The van der Waals surface area contributed by atoms with Gasteiger partial charge >= 0.3 is 0 Å². The molecular weight excluding hydrogens is 210 g/mol. The number of unbranched alkanes of at least 4 members (excludes halogenated alkanes) is 1. The van der Waals surface area contributed by atoms with E-state index >= 15 is 0 Å². The van der Waals surface area contributed by atoms with Crippen LogP contribution in [0.5, 0.6) is 0 Å². The third-order valence-corrected chi connectivity index (χ3v) is 3.73. The van der Waals surface area contributed by atoms with E-state index in [4.69, 9.17) is 16.3 Å². The van der Waals surface area contributed by atoms with Gasteiger partial charge < -0.3 is 9.64 Å². The van der Waals surface area contributed by atoms with Gasteiger partial charge in [-0.05, 0) is 25.3 Å². The predicted molar refractivity (Wildman–Crippen MR) is 65.6 cm³/mol. The second-order valence-corrected chi connectivity index (χ2v) is 5.11. The number of hydrogen-bond donors (Lipinski definition) is 0. The summed E-state index contributed by atoms with van der Waals surface area (Å²) in [6.45, 7) is 9.55. The normalized spacial score (nSPS) is 28.2. The van der Waals surface area contributed by atoms with Gasteiger partial charge in [-0.2, -0.15) is 0 Å². The summed E-state index contributed by atoms with van der Waals surface area (Å²) < 4.78 is 5.56. The molecule has 1 aliphatic heterocycles. The summed E-state index contributed by atoms with van der Waals surface area (Å²) >= 11 is 6.18. The Kier molecular flexibility index (Phi) is 6.62. The fourth-order valence-corrected chi connectivity index (χ4v) is 2.13. The zero-order valence-corrected chi connectivity index (χ0v) is 10.8. The highest BCUT2D eigenvalue weighted by molar-refractivity contribution is 6.20. The highest BCUT2D eigenvalue weighted by atomic mass is 35.5. The number of hydrogen-bond acceptors (Lipinski definition) is 2. The van der Waals surface area contributed by atoms with Crippen LogP contribution in [0.25, 0.3) is 0 Å². The molecule has 0 N–H and O–H groups in total. The number of nitrogens with zero attached hydrogens (tertiary/aromatic N) is 1. The van der Waals surface area contributed by atoms with Crippen molar-refractivity contribution in [1.29, 1.82) is 0 Å². The molecule has 15 heavy (non-hydrogen) atoms. The summed E-state index contributed by atoms with van der Waals surface area (Å²) in [7, 11) is 0. The molecule has 0 spiro atoms. The summed E-state index contributed by atoms with van der Waals surface area (Å²) in [5.74, 6) is 0.621. The Bertz CT molecular complexity index is 166. The van der Waals surface area contributed by atoms with Crippen LogP contribution in [-0.2, 0) is 4.74 Å². The molecule has 0 aromatic heterocycles. The molecule has 0 amide bonds. The summed E-state index contributed by atoms with van der Waals surface area (Å²) in [5, 5.41) is 0.377. The smallest absolute Gasteiger partial charge is 0.0593 e. The maximum absolute atomic E-state index is 6.18. The first-order valence-electron chi connectivity index (χ1n) is 6.18. The molecule has 0 aromatic rings. The lowest BCUT2D eigenvalue weighted by atomic mass is 10.00. The molecule has 1 aliphatic rings. The van der Waals surface area contributed by atoms with Crippen molar-refractivity contribution in [2.45, 2.75) is 38.5 Å². The summed E-state index contributed by atoms with van der Waals surface area (Å²) in [6, 6.07) is 0. The molecule has 0 aliphatic carbocycles. The molecule has 1 rings (SSSR count). The molecule has 90 valence electrons. The van der Waals surface area contributed by atoms with Crippen molar-refractivity contribution in [1.82, 2.24) is 4.90 Å². The minimum absolute atomic E-state index is 0.377. The zero-order valence-electron chi connectivity index (χ0n) is 10.0. The standard InChI is InChI=1S/C12H24ClNO/c1-3-4-8-15-9-7-14-6-5-12(13)11(2)10-14/h11-12H,3-10H2,1-2H3. The van der Waals surface area contributed by atoms with Crippen LogP contribution in [0.1, 0.15) is 33.1 Å². The molecule has 1 fully saturated rings. The fourth-order valence-electron chi connectivity index (χ4n) is 1.95. The molecule has 0 radical (unpaired) electrons. The maximum atomic E-state index is 6.18. The highest BCUT2D eigenvalue weighted by Crippen LogP contribution is 2.21. The Morgan fingerprint density at radius 1 is 1.40 bits per heavy atom. The number of alkyl halides is 1. The van der Waals surface area contributed by atoms with Crippen LogP contribution in [0, 0.1) is 5.92 Å². The fraction of sp³-hybridized carbons (Fsp3) is 1.00. The van der Waals surface area contributed by atoms with Gasteiger partial charge in [-0.3, -0.25) is 0 Å². The van der Waals surface area contributed by atoms with Gasteiger partial charge in [0.2, 0.25) is 0 Å². The van der Waals surface area contributed by atoms with Crippen LogP contribution in [0.2, 0.25) is 0 Å². The van der Waals surface area contributed by atoms with E-state index in [1.807, 2.05) is 0 Å². The van der Waals surface area contributed by atoms with Crippen LogP contribution >= 0.6 is 11.6 Å². The molecule has 1 heterocycles. The van der Waals surface area contributed by atoms with E-state index in [2.05, 4.69) is 18.7 Å². The Hall–Kier alpha value is 0.210. The minimum Gasteiger partial charge on any atom is -0.380 e. The number of rotatable bonds is 6. The molecule has 2 nitrogen and oxygen atoms in total. The third-order valence-electron chi connectivity index (χ3n) is 3.08. The molecule has 0 aromatic carbocycles. The van der Waals surface area contributed by atoms with Gasteiger partial charge in [0.05, 0.1) is 6.61 Å². The van der Waals surface area contributed by atoms with Gasteiger partial charge in [-0.1, -0.05) is 20.3 Å². The number of piperidine rings is 1. The molecule has 3 heteroatoms. The Morgan fingerprint density at radius 3 is 2.87 bits per heavy atom. The van der Waals surface area contributed by atoms with E-state index in [1.165, 1.54) is 12.8 Å². The first-order valence-corrected chi connectivity index (χ1v) is 6.61. The first kappa shape index (κ1) is 13.3. The van der Waals surface area contributed by atoms with Crippen LogP contribution in [0.4, 0.5) is 0 Å². The van der Waals surface area contributed by atoms with Crippen molar-refractivity contribution >= 4 is 11.6 Å². The first-order chi connectivity index (χ1) is 7.24. The number of likely N-dealkylation sites (tertiary alicyclic amines) is 1. The SMILES string of the molecule is CCCCOCCN1CCC(Cl)C(C)C1. The average molecular weight is 234 g/mol. The molecular formula is C12H24ClNO. The van der Waals surface area contributed by atoms with Crippen molar-refractivity contribution in [2.24, 2.45) is 5.92 Å². The second kappa shape index (κ2) is 7.48. The predicted octanol–water partition coefficient (Wildman–Crippen LogP) is 2.75. The minimum atomic E-state index is 0.377. The van der Waals surface area contributed by atoms with Gasteiger partial charge in [0.1, 0.15) is 0 Å². The topological polar surface area (TPSA) is 12.5 Å². The van der Waals surface area contributed by atoms with Crippen molar-refractivity contribution in [3.8, 4) is 0 Å². The number of halogens is 1. The molecule has 0 bridgehead atoms. The van der Waals surface area contributed by atoms with Gasteiger partial charge in [-0.25, -0.2) is 0 Å². The van der Waals surface area contributed by atoms with Crippen LogP contribution in [0.15, 0.2) is 0 Å². The van der Waals surface area contributed by atoms with Gasteiger partial charge in [0, 0.05) is 25.1 Å². The molecule has 2 atom stereocenters. The van der Waals surface area contributed by atoms with E-state index < -0.39 is 0 Å². The Balaban J connectivity index is 2.02. The Morgan fingerprint density at radius 2 is 2.20 bits per heavy atom. The quantitative estimate of drug-likeness (QED) is 0.517. The van der Waals surface area contributed by atoms with Crippen molar-refractivity contribution in [2.75, 3.05) is 32.8 Å². The summed E-state index contributed by atoms with van der Waals surface area (Å²) in [4.78, 5) is 2.47. The lowest BCUT2D eigenvalue weighted by Crippen LogP contribution is -2.41. The van der Waals surface area contributed by atoms with E-state index in [9.17, 15) is 0 Å². The van der Waals surface area contributed by atoms with Gasteiger partial charge in [0.25, 0.3) is 0 Å². The lowest BCUT2D eigenvalue weighted by Gasteiger charge is -2.33. The monoisotopic (exact) mass is 233 g/mol. The van der Waals surface area contributed by atoms with Gasteiger partial charge in [-0.15, -0.1) is 11.6 Å². The van der Waals surface area contributed by atoms with Crippen LogP contribution < -0.4 is 0 Å². The van der Waals surface area contributed by atoms with E-state index in [1.54, 1.807) is 0 Å². The van der Waals surface area contributed by atoms with E-state index in [0.29, 0.717) is 11.3 Å². The van der Waals surface area contributed by atoms with E-state index in [-0.39, 0.29) is 0 Å². The van der Waals surface area contributed by atoms with Crippen molar-refractivity contribution in [3.63, 3.8) is 0 Å². The second-order valence-electron chi connectivity index (χ2n) is 4.55. The summed E-state index contributed by atoms with van der Waals surface area (Å²) in [5.41, 5.74) is 0. The molecule has 0 saturated carbocycles. The van der Waals surface area contributed by atoms with Crippen LogP contribution in [-0.4, -0.2) is 43.1 Å². The average Bonchev–Trinajstić information content (AvgIpc) is 2.23. The Labute approximate surface area is 98.9 Å². The molecule has 1 saturated heterocycles. The van der Waals surface area contributed by atoms with Crippen molar-refractivity contribution < 1.29 is 4.74 Å². The largest absolute Gasteiger partial charge is 0.380 e. The number of ether oxygens (including phenoxy) is 1. The van der Waals surface area contributed by atoms with Gasteiger partial charge in [0.15, 0.2) is 0 Å².